The average Bonchev–Trinajstić information content (AvgIpc) is 2.38. The Bertz CT molecular complexity index is 577. The number of rotatable bonds is 8. The first-order valence-corrected chi connectivity index (χ1v) is 9.26. The molecule has 0 aliphatic heterocycles. The Balaban J connectivity index is 3.13. The van der Waals surface area contributed by atoms with Gasteiger partial charge in [-0.1, -0.05) is 43.5 Å². The monoisotopic (exact) mass is 352 g/mol. The second-order valence-electron chi connectivity index (χ2n) is 4.97. The molecule has 120 valence electrons. The van der Waals surface area contributed by atoms with E-state index < -0.39 is 10.0 Å². The van der Waals surface area contributed by atoms with Crippen molar-refractivity contribution in [1.29, 1.82) is 0 Å². The lowest BCUT2D eigenvalue weighted by Crippen LogP contribution is -2.32. The molecule has 1 aromatic carbocycles. The SMILES string of the molecule is CCCC(C)NS(=O)(=O)c1cc(Cl)cc(CNCC)c1Cl. The fourth-order valence-corrected chi connectivity index (χ4v) is 4.23. The van der Waals surface area contributed by atoms with Gasteiger partial charge in [0.15, 0.2) is 0 Å². The van der Waals surface area contributed by atoms with Gasteiger partial charge in [0, 0.05) is 17.6 Å². The zero-order valence-electron chi connectivity index (χ0n) is 12.5. The summed E-state index contributed by atoms with van der Waals surface area (Å²) in [7, 11) is -3.68. The van der Waals surface area contributed by atoms with Crippen LogP contribution < -0.4 is 10.0 Å². The van der Waals surface area contributed by atoms with Gasteiger partial charge in [-0.15, -0.1) is 0 Å². The summed E-state index contributed by atoms with van der Waals surface area (Å²) in [6, 6.07) is 2.92. The van der Waals surface area contributed by atoms with Crippen molar-refractivity contribution >= 4 is 33.2 Å². The smallest absolute Gasteiger partial charge is 0.242 e. The van der Waals surface area contributed by atoms with Crippen LogP contribution in [-0.4, -0.2) is 21.0 Å². The van der Waals surface area contributed by atoms with Crippen molar-refractivity contribution in [2.24, 2.45) is 0 Å². The van der Waals surface area contributed by atoms with Crippen LogP contribution in [0.5, 0.6) is 0 Å². The number of hydrogen-bond donors (Lipinski definition) is 2. The number of nitrogens with one attached hydrogen (secondary N) is 2. The largest absolute Gasteiger partial charge is 0.313 e. The van der Waals surface area contributed by atoms with Gasteiger partial charge in [-0.3, -0.25) is 0 Å². The number of sulfonamides is 1. The van der Waals surface area contributed by atoms with Crippen LogP contribution in [0.15, 0.2) is 17.0 Å². The fraction of sp³-hybridized carbons (Fsp3) is 0.571. The highest BCUT2D eigenvalue weighted by atomic mass is 35.5. The predicted octanol–water partition coefficient (Wildman–Crippen LogP) is 3.57. The highest BCUT2D eigenvalue weighted by molar-refractivity contribution is 7.89. The van der Waals surface area contributed by atoms with Gasteiger partial charge in [-0.25, -0.2) is 13.1 Å². The van der Waals surface area contributed by atoms with Crippen molar-refractivity contribution in [2.45, 2.75) is 51.1 Å². The maximum atomic E-state index is 12.4. The highest BCUT2D eigenvalue weighted by Gasteiger charge is 2.22. The Kier molecular flexibility index (Phi) is 7.44. The van der Waals surface area contributed by atoms with Gasteiger partial charge in [0.1, 0.15) is 4.90 Å². The molecule has 0 bridgehead atoms. The quantitative estimate of drug-likeness (QED) is 0.751. The molecule has 7 heteroatoms. The van der Waals surface area contributed by atoms with E-state index in [4.69, 9.17) is 23.2 Å². The Morgan fingerprint density at radius 2 is 1.90 bits per heavy atom. The summed E-state index contributed by atoms with van der Waals surface area (Å²) in [5.41, 5.74) is 0.675. The fourth-order valence-electron chi connectivity index (χ4n) is 2.02. The van der Waals surface area contributed by atoms with Crippen LogP contribution in [0.25, 0.3) is 0 Å². The molecular weight excluding hydrogens is 331 g/mol. The number of halogens is 2. The first kappa shape index (κ1) is 18.7. The van der Waals surface area contributed by atoms with Crippen molar-refractivity contribution in [1.82, 2.24) is 10.0 Å². The van der Waals surface area contributed by atoms with E-state index in [0.29, 0.717) is 17.1 Å². The average molecular weight is 353 g/mol. The van der Waals surface area contributed by atoms with Crippen LogP contribution in [-0.2, 0) is 16.6 Å². The molecule has 1 aromatic rings. The first-order valence-electron chi connectivity index (χ1n) is 7.02. The molecule has 1 rings (SSSR count). The third kappa shape index (κ3) is 5.42. The summed E-state index contributed by atoms with van der Waals surface area (Å²) < 4.78 is 27.5. The van der Waals surface area contributed by atoms with Crippen LogP contribution >= 0.6 is 23.2 Å². The maximum absolute atomic E-state index is 12.4. The topological polar surface area (TPSA) is 58.2 Å². The van der Waals surface area contributed by atoms with Gasteiger partial charge in [0.2, 0.25) is 10.0 Å². The molecule has 0 fully saturated rings. The second-order valence-corrected chi connectivity index (χ2v) is 7.47. The van der Waals surface area contributed by atoms with E-state index in [1.807, 2.05) is 20.8 Å². The van der Waals surface area contributed by atoms with E-state index in [0.717, 1.165) is 19.4 Å². The van der Waals surface area contributed by atoms with Crippen molar-refractivity contribution in [3.8, 4) is 0 Å². The normalized spacial score (nSPS) is 13.4. The van der Waals surface area contributed by atoms with Crippen LogP contribution in [0, 0.1) is 0 Å². The molecule has 0 aliphatic carbocycles. The maximum Gasteiger partial charge on any atom is 0.242 e. The summed E-state index contributed by atoms with van der Waals surface area (Å²) in [4.78, 5) is 0.0347. The number of benzene rings is 1. The Hall–Kier alpha value is -0.330. The molecule has 2 N–H and O–H groups in total. The van der Waals surface area contributed by atoms with Gasteiger partial charge in [0.25, 0.3) is 0 Å². The zero-order valence-corrected chi connectivity index (χ0v) is 14.9. The molecule has 1 atom stereocenters. The molecule has 0 saturated carbocycles. The van der Waals surface area contributed by atoms with Gasteiger partial charge in [-0.05, 0) is 37.6 Å². The highest BCUT2D eigenvalue weighted by Crippen LogP contribution is 2.29. The molecule has 0 amide bonds. The van der Waals surface area contributed by atoms with E-state index in [9.17, 15) is 8.42 Å². The van der Waals surface area contributed by atoms with E-state index in [2.05, 4.69) is 10.0 Å². The Labute approximate surface area is 137 Å². The molecule has 0 aromatic heterocycles. The van der Waals surface area contributed by atoms with E-state index >= 15 is 0 Å². The minimum absolute atomic E-state index is 0.0347. The first-order chi connectivity index (χ1) is 9.81. The molecular formula is C14H22Cl2N2O2S. The van der Waals surface area contributed by atoms with E-state index in [1.165, 1.54) is 6.07 Å². The second kappa shape index (κ2) is 8.34. The minimum Gasteiger partial charge on any atom is -0.313 e. The molecule has 21 heavy (non-hydrogen) atoms. The van der Waals surface area contributed by atoms with Crippen molar-refractivity contribution < 1.29 is 8.42 Å². The molecule has 1 unspecified atom stereocenters. The van der Waals surface area contributed by atoms with Gasteiger partial charge in [0.05, 0.1) is 5.02 Å². The van der Waals surface area contributed by atoms with E-state index in [-0.39, 0.29) is 16.0 Å². The van der Waals surface area contributed by atoms with Crippen LogP contribution in [0.2, 0.25) is 10.0 Å². The van der Waals surface area contributed by atoms with E-state index in [1.54, 1.807) is 6.07 Å². The van der Waals surface area contributed by atoms with Gasteiger partial charge < -0.3 is 5.32 Å². The van der Waals surface area contributed by atoms with Crippen molar-refractivity contribution in [3.05, 3.63) is 27.7 Å². The molecule has 4 nitrogen and oxygen atoms in total. The molecule has 0 spiro atoms. The number of hydrogen-bond acceptors (Lipinski definition) is 3. The lowest BCUT2D eigenvalue weighted by atomic mass is 10.2. The van der Waals surface area contributed by atoms with Crippen LogP contribution in [0.4, 0.5) is 0 Å². The van der Waals surface area contributed by atoms with Gasteiger partial charge >= 0.3 is 0 Å². The third-order valence-corrected chi connectivity index (χ3v) is 5.40. The zero-order chi connectivity index (χ0) is 16.0. The Morgan fingerprint density at radius 1 is 1.24 bits per heavy atom. The van der Waals surface area contributed by atoms with Crippen LogP contribution in [0.3, 0.4) is 0 Å². The van der Waals surface area contributed by atoms with Crippen molar-refractivity contribution in [3.63, 3.8) is 0 Å². The summed E-state index contributed by atoms with van der Waals surface area (Å²) in [6.45, 7) is 7.04. The Morgan fingerprint density at radius 3 is 2.48 bits per heavy atom. The summed E-state index contributed by atoms with van der Waals surface area (Å²) >= 11 is 12.3. The predicted molar refractivity (Wildman–Crippen MR) is 88.5 cm³/mol. The summed E-state index contributed by atoms with van der Waals surface area (Å²) in [5.74, 6) is 0. The molecule has 0 radical (unpaired) electrons. The summed E-state index contributed by atoms with van der Waals surface area (Å²) in [6.07, 6.45) is 1.67. The standard InChI is InChI=1S/C14H22Cl2N2O2S/c1-4-6-10(3)18-21(19,20)13-8-12(15)7-11(14(13)16)9-17-5-2/h7-8,10,17-18H,4-6,9H2,1-3H3. The molecule has 0 heterocycles. The lowest BCUT2D eigenvalue weighted by molar-refractivity contribution is 0.544. The van der Waals surface area contributed by atoms with Crippen LogP contribution in [0.1, 0.15) is 39.2 Å². The third-order valence-electron chi connectivity index (χ3n) is 3.01. The van der Waals surface area contributed by atoms with Crippen molar-refractivity contribution in [2.75, 3.05) is 6.54 Å². The molecule has 0 saturated heterocycles. The minimum atomic E-state index is -3.68. The lowest BCUT2D eigenvalue weighted by Gasteiger charge is -2.16. The van der Waals surface area contributed by atoms with Gasteiger partial charge in [-0.2, -0.15) is 0 Å². The summed E-state index contributed by atoms with van der Waals surface area (Å²) in [5, 5.41) is 3.69. The molecule has 0 aliphatic rings.